The maximum Gasteiger partial charge on any atom is 0.168 e. The summed E-state index contributed by atoms with van der Waals surface area (Å²) in [6, 6.07) is 0. The van der Waals surface area contributed by atoms with Gasteiger partial charge in [-0.2, -0.15) is 0 Å². The first-order valence-electron chi connectivity index (χ1n) is 4.21. The molecule has 0 saturated carbocycles. The molecular formula is C11H18N+. The van der Waals surface area contributed by atoms with Crippen LogP contribution in [0, 0.1) is 5.92 Å². The van der Waals surface area contributed by atoms with Gasteiger partial charge in [0.05, 0.1) is 0 Å². The van der Waals surface area contributed by atoms with Gasteiger partial charge in [-0.25, -0.2) is 4.58 Å². The highest BCUT2D eigenvalue weighted by Gasteiger charge is 2.01. The Labute approximate surface area is 75.4 Å². The number of hydrogen-bond donors (Lipinski definition) is 0. The van der Waals surface area contributed by atoms with Crippen LogP contribution in [0.3, 0.4) is 0 Å². The highest BCUT2D eigenvalue weighted by atomic mass is 15.0. The molecular weight excluding hydrogens is 146 g/mol. The Morgan fingerprint density at radius 3 is 2.33 bits per heavy atom. The van der Waals surface area contributed by atoms with E-state index in [0.29, 0.717) is 5.92 Å². The predicted octanol–water partition coefficient (Wildman–Crippen LogP) is 2.61. The van der Waals surface area contributed by atoms with Crippen LogP contribution in [0.15, 0.2) is 37.6 Å². The highest BCUT2D eigenvalue weighted by Crippen LogP contribution is 1.92. The zero-order valence-electron chi connectivity index (χ0n) is 8.03. The Hall–Kier alpha value is -1.11. The van der Waals surface area contributed by atoms with Crippen LogP contribution in [-0.2, 0) is 0 Å². The molecule has 0 bridgehead atoms. The minimum atomic E-state index is 0.649. The molecule has 0 atom stereocenters. The van der Waals surface area contributed by atoms with Crippen LogP contribution in [0.1, 0.15) is 13.8 Å². The van der Waals surface area contributed by atoms with Gasteiger partial charge >= 0.3 is 0 Å². The van der Waals surface area contributed by atoms with Crippen molar-refractivity contribution in [3.05, 3.63) is 37.6 Å². The molecule has 1 nitrogen and oxygen atoms in total. The van der Waals surface area contributed by atoms with Crippen LogP contribution in [0.2, 0.25) is 0 Å². The summed E-state index contributed by atoms with van der Waals surface area (Å²) >= 11 is 0. The third-order valence-electron chi connectivity index (χ3n) is 1.29. The second kappa shape index (κ2) is 6.59. The molecule has 0 spiro atoms. The van der Waals surface area contributed by atoms with Crippen molar-refractivity contribution in [3.63, 3.8) is 0 Å². The van der Waals surface area contributed by atoms with Gasteiger partial charge in [0.15, 0.2) is 19.0 Å². The number of rotatable bonds is 5. The van der Waals surface area contributed by atoms with Crippen molar-refractivity contribution in [1.29, 1.82) is 0 Å². The second-order valence-corrected chi connectivity index (χ2v) is 3.05. The van der Waals surface area contributed by atoms with Crippen molar-refractivity contribution in [3.8, 4) is 0 Å². The summed E-state index contributed by atoms with van der Waals surface area (Å²) in [6.07, 6.45) is 9.43. The molecule has 0 amide bonds. The summed E-state index contributed by atoms with van der Waals surface area (Å²) < 4.78 is 2.10. The summed E-state index contributed by atoms with van der Waals surface area (Å²) in [5.74, 6) is 0.649. The molecule has 12 heavy (non-hydrogen) atoms. The van der Waals surface area contributed by atoms with E-state index in [1.807, 2.05) is 18.5 Å². The zero-order chi connectivity index (χ0) is 9.40. The van der Waals surface area contributed by atoms with Gasteiger partial charge in [0.2, 0.25) is 0 Å². The number of hydrogen-bond acceptors (Lipinski definition) is 0. The lowest BCUT2D eigenvalue weighted by molar-refractivity contribution is -0.458. The third kappa shape index (κ3) is 5.66. The Morgan fingerprint density at radius 1 is 1.25 bits per heavy atom. The quantitative estimate of drug-likeness (QED) is 0.334. The van der Waals surface area contributed by atoms with E-state index in [1.165, 1.54) is 0 Å². The third-order valence-corrected chi connectivity index (χ3v) is 1.29. The van der Waals surface area contributed by atoms with Gasteiger partial charge in [0.25, 0.3) is 0 Å². The average molecular weight is 164 g/mol. The molecule has 0 aliphatic carbocycles. The van der Waals surface area contributed by atoms with Crippen LogP contribution in [0.25, 0.3) is 0 Å². The van der Waals surface area contributed by atoms with Crippen molar-refractivity contribution in [2.75, 3.05) is 6.54 Å². The normalized spacial score (nSPS) is 12.4. The molecule has 0 unspecified atom stereocenters. The summed E-state index contributed by atoms with van der Waals surface area (Å²) in [4.78, 5) is 0. The topological polar surface area (TPSA) is 3.01 Å². The summed E-state index contributed by atoms with van der Waals surface area (Å²) in [5.41, 5.74) is 0. The molecule has 0 aromatic heterocycles. The fourth-order valence-electron chi connectivity index (χ4n) is 0.900. The molecule has 0 aromatic rings. The minimum absolute atomic E-state index is 0.649. The van der Waals surface area contributed by atoms with Gasteiger partial charge in [0, 0.05) is 12.0 Å². The standard InChI is InChI=1S/C11H18N/c1-5-7-9-12(8-6-2)10-11(3)4/h5-9,11H,1-2,10H2,3-4H3/q+1/b9-7-,12-8?. The molecule has 0 aliphatic heterocycles. The Morgan fingerprint density at radius 2 is 1.92 bits per heavy atom. The minimum Gasteiger partial charge on any atom is -0.205 e. The van der Waals surface area contributed by atoms with Crippen molar-refractivity contribution < 1.29 is 4.58 Å². The van der Waals surface area contributed by atoms with E-state index in [9.17, 15) is 0 Å². The second-order valence-electron chi connectivity index (χ2n) is 3.05. The molecule has 0 heterocycles. The SMILES string of the molecule is C=CC=[N+](/C=C\C=C)CC(C)C. The Kier molecular flexibility index (Phi) is 5.98. The molecule has 0 aliphatic rings. The molecule has 0 saturated heterocycles. The highest BCUT2D eigenvalue weighted by molar-refractivity contribution is 5.65. The van der Waals surface area contributed by atoms with Crippen molar-refractivity contribution in [2.24, 2.45) is 5.92 Å². The van der Waals surface area contributed by atoms with E-state index in [0.717, 1.165) is 6.54 Å². The molecule has 66 valence electrons. The van der Waals surface area contributed by atoms with Gasteiger partial charge in [-0.1, -0.05) is 33.1 Å². The maximum absolute atomic E-state index is 3.66. The van der Waals surface area contributed by atoms with Crippen molar-refractivity contribution in [1.82, 2.24) is 0 Å². The van der Waals surface area contributed by atoms with E-state index < -0.39 is 0 Å². The van der Waals surface area contributed by atoms with Crippen LogP contribution >= 0.6 is 0 Å². The fourth-order valence-corrected chi connectivity index (χ4v) is 0.900. The van der Waals surface area contributed by atoms with E-state index >= 15 is 0 Å². The lowest BCUT2D eigenvalue weighted by Gasteiger charge is -1.99. The molecule has 0 rings (SSSR count). The first kappa shape index (κ1) is 10.9. The Balaban J connectivity index is 4.23. The first-order valence-corrected chi connectivity index (χ1v) is 4.21. The molecule has 1 heteroatoms. The predicted molar refractivity (Wildman–Crippen MR) is 55.6 cm³/mol. The van der Waals surface area contributed by atoms with Gasteiger partial charge < -0.3 is 0 Å². The molecule has 0 aromatic carbocycles. The van der Waals surface area contributed by atoms with Gasteiger partial charge in [0.1, 0.15) is 0 Å². The summed E-state index contributed by atoms with van der Waals surface area (Å²) in [5, 5.41) is 0. The van der Waals surface area contributed by atoms with Crippen molar-refractivity contribution in [2.45, 2.75) is 13.8 Å². The van der Waals surface area contributed by atoms with Gasteiger partial charge in [-0.15, -0.1) is 0 Å². The summed E-state index contributed by atoms with van der Waals surface area (Å²) in [7, 11) is 0. The van der Waals surface area contributed by atoms with Gasteiger partial charge in [-0.05, 0) is 6.08 Å². The van der Waals surface area contributed by atoms with Crippen LogP contribution in [0.4, 0.5) is 0 Å². The molecule has 0 fully saturated rings. The lowest BCUT2D eigenvalue weighted by atomic mass is 10.2. The van der Waals surface area contributed by atoms with E-state index in [1.54, 1.807) is 12.2 Å². The number of nitrogens with zero attached hydrogens (tertiary/aromatic N) is 1. The maximum atomic E-state index is 3.66. The van der Waals surface area contributed by atoms with E-state index in [2.05, 4.69) is 31.6 Å². The summed E-state index contributed by atoms with van der Waals surface area (Å²) in [6.45, 7) is 12.7. The first-order chi connectivity index (χ1) is 5.70. The Bertz CT molecular complexity index is 197. The monoisotopic (exact) mass is 164 g/mol. The smallest absolute Gasteiger partial charge is 0.168 e. The van der Waals surface area contributed by atoms with E-state index in [-0.39, 0.29) is 0 Å². The van der Waals surface area contributed by atoms with Crippen LogP contribution < -0.4 is 0 Å². The molecule has 0 N–H and O–H groups in total. The largest absolute Gasteiger partial charge is 0.205 e. The number of allylic oxidation sites excluding steroid dienone is 3. The average Bonchev–Trinajstić information content (AvgIpc) is 2.00. The molecule has 0 radical (unpaired) electrons. The van der Waals surface area contributed by atoms with Gasteiger partial charge in [-0.3, -0.25) is 0 Å². The fraction of sp³-hybridized carbons (Fsp3) is 0.364. The van der Waals surface area contributed by atoms with Crippen molar-refractivity contribution >= 4 is 6.21 Å². The lowest BCUT2D eigenvalue weighted by Crippen LogP contribution is -2.12. The van der Waals surface area contributed by atoms with E-state index in [4.69, 9.17) is 0 Å². The van der Waals surface area contributed by atoms with Crippen LogP contribution in [-0.4, -0.2) is 17.3 Å². The van der Waals surface area contributed by atoms with Crippen LogP contribution in [0.5, 0.6) is 0 Å². The zero-order valence-corrected chi connectivity index (χ0v) is 8.03.